The first-order valence-electron chi connectivity index (χ1n) is 6.33. The Balaban J connectivity index is 2.61. The van der Waals surface area contributed by atoms with Gasteiger partial charge in [0, 0.05) is 17.2 Å². The van der Waals surface area contributed by atoms with E-state index in [1.807, 2.05) is 25.1 Å². The minimum atomic E-state index is 0.268. The highest BCUT2D eigenvalue weighted by Gasteiger charge is 2.10. The molecule has 2 nitrogen and oxygen atoms in total. The van der Waals surface area contributed by atoms with Crippen LogP contribution in [-0.2, 0) is 11.2 Å². The first-order chi connectivity index (χ1) is 8.56. The SMILES string of the molecule is CCC(C)SCC(=O)Cc1cc(C)ccc1OC. The van der Waals surface area contributed by atoms with Crippen molar-refractivity contribution in [2.24, 2.45) is 0 Å². The van der Waals surface area contributed by atoms with Crippen LogP contribution in [-0.4, -0.2) is 23.9 Å². The first-order valence-corrected chi connectivity index (χ1v) is 7.38. The topological polar surface area (TPSA) is 26.3 Å². The minimum Gasteiger partial charge on any atom is -0.496 e. The fourth-order valence-corrected chi connectivity index (χ4v) is 2.47. The Kier molecular flexibility index (Phi) is 6.27. The van der Waals surface area contributed by atoms with E-state index >= 15 is 0 Å². The van der Waals surface area contributed by atoms with Crippen LogP contribution >= 0.6 is 11.8 Å². The van der Waals surface area contributed by atoms with Gasteiger partial charge in [-0.1, -0.05) is 31.5 Å². The van der Waals surface area contributed by atoms with E-state index in [0.29, 0.717) is 17.4 Å². The van der Waals surface area contributed by atoms with Crippen molar-refractivity contribution in [3.8, 4) is 5.75 Å². The number of carbonyl (C=O) groups excluding carboxylic acids is 1. The molecule has 0 saturated carbocycles. The normalized spacial score (nSPS) is 12.2. The molecule has 0 heterocycles. The van der Waals surface area contributed by atoms with E-state index in [1.165, 1.54) is 0 Å². The summed E-state index contributed by atoms with van der Waals surface area (Å²) in [6, 6.07) is 5.96. The molecule has 0 saturated heterocycles. The molecular weight excluding hydrogens is 244 g/mol. The lowest BCUT2D eigenvalue weighted by Gasteiger charge is -2.10. The lowest BCUT2D eigenvalue weighted by molar-refractivity contribution is -0.116. The summed E-state index contributed by atoms with van der Waals surface area (Å²) in [6.07, 6.45) is 1.57. The predicted molar refractivity (Wildman–Crippen MR) is 78.7 cm³/mol. The van der Waals surface area contributed by atoms with Crippen molar-refractivity contribution in [2.45, 2.75) is 38.9 Å². The highest BCUT2D eigenvalue weighted by Crippen LogP contribution is 2.21. The van der Waals surface area contributed by atoms with Gasteiger partial charge >= 0.3 is 0 Å². The molecule has 1 atom stereocenters. The largest absolute Gasteiger partial charge is 0.496 e. The van der Waals surface area contributed by atoms with E-state index in [0.717, 1.165) is 23.3 Å². The van der Waals surface area contributed by atoms with Crippen molar-refractivity contribution >= 4 is 17.5 Å². The Morgan fingerprint density at radius 2 is 2.17 bits per heavy atom. The molecule has 100 valence electrons. The third-order valence-corrected chi connectivity index (χ3v) is 4.32. The van der Waals surface area contributed by atoms with Crippen molar-refractivity contribution in [1.29, 1.82) is 0 Å². The second-order valence-corrected chi connectivity index (χ2v) is 5.99. The van der Waals surface area contributed by atoms with Crippen LogP contribution in [0.5, 0.6) is 5.75 Å². The van der Waals surface area contributed by atoms with Gasteiger partial charge < -0.3 is 4.74 Å². The van der Waals surface area contributed by atoms with Crippen molar-refractivity contribution in [2.75, 3.05) is 12.9 Å². The van der Waals surface area contributed by atoms with Crippen LogP contribution in [0.3, 0.4) is 0 Å². The Bertz CT molecular complexity index is 401. The van der Waals surface area contributed by atoms with Gasteiger partial charge in [0.1, 0.15) is 11.5 Å². The van der Waals surface area contributed by atoms with Gasteiger partial charge in [0.25, 0.3) is 0 Å². The average Bonchev–Trinajstić information content (AvgIpc) is 2.36. The van der Waals surface area contributed by atoms with Crippen LogP contribution in [0.1, 0.15) is 31.4 Å². The maximum absolute atomic E-state index is 11.9. The number of hydrogen-bond donors (Lipinski definition) is 0. The molecule has 18 heavy (non-hydrogen) atoms. The van der Waals surface area contributed by atoms with Crippen LogP contribution in [0.15, 0.2) is 18.2 Å². The minimum absolute atomic E-state index is 0.268. The van der Waals surface area contributed by atoms with Crippen molar-refractivity contribution in [3.63, 3.8) is 0 Å². The molecule has 0 N–H and O–H groups in total. The zero-order chi connectivity index (χ0) is 13.5. The third kappa shape index (κ3) is 4.73. The highest BCUT2D eigenvalue weighted by molar-refractivity contribution is 8.00. The summed E-state index contributed by atoms with van der Waals surface area (Å²) in [7, 11) is 1.65. The maximum Gasteiger partial charge on any atom is 0.147 e. The van der Waals surface area contributed by atoms with Gasteiger partial charge in [-0.15, -0.1) is 0 Å². The van der Waals surface area contributed by atoms with E-state index in [1.54, 1.807) is 18.9 Å². The molecule has 3 heteroatoms. The van der Waals surface area contributed by atoms with E-state index in [9.17, 15) is 4.79 Å². The summed E-state index contributed by atoms with van der Waals surface area (Å²) in [6.45, 7) is 6.33. The fourth-order valence-electron chi connectivity index (χ4n) is 1.66. The second kappa shape index (κ2) is 7.47. The standard InChI is InChI=1S/C15H22O2S/c1-5-12(3)18-10-14(16)9-13-8-11(2)6-7-15(13)17-4/h6-8,12H,5,9-10H2,1-4H3. The van der Waals surface area contributed by atoms with Gasteiger partial charge in [-0.3, -0.25) is 4.79 Å². The number of carbonyl (C=O) groups is 1. The smallest absolute Gasteiger partial charge is 0.147 e. The Hall–Kier alpha value is -0.960. The number of thioether (sulfide) groups is 1. The molecule has 0 amide bonds. The number of Topliss-reactive ketones (excluding diaryl/α,β-unsaturated/α-hetero) is 1. The van der Waals surface area contributed by atoms with Gasteiger partial charge in [0.2, 0.25) is 0 Å². The quantitative estimate of drug-likeness (QED) is 0.753. The highest BCUT2D eigenvalue weighted by atomic mass is 32.2. The fraction of sp³-hybridized carbons (Fsp3) is 0.533. The molecule has 1 rings (SSSR count). The Labute approximate surface area is 114 Å². The number of rotatable bonds is 7. The van der Waals surface area contributed by atoms with Gasteiger partial charge in [-0.05, 0) is 19.4 Å². The van der Waals surface area contributed by atoms with Crippen LogP contribution in [0.25, 0.3) is 0 Å². The van der Waals surface area contributed by atoms with Crippen LogP contribution in [0.2, 0.25) is 0 Å². The van der Waals surface area contributed by atoms with Crippen LogP contribution in [0.4, 0.5) is 0 Å². The zero-order valence-electron chi connectivity index (χ0n) is 11.7. The molecule has 1 aromatic carbocycles. The molecule has 1 unspecified atom stereocenters. The lowest BCUT2D eigenvalue weighted by Crippen LogP contribution is -2.09. The van der Waals surface area contributed by atoms with Gasteiger partial charge in [-0.2, -0.15) is 11.8 Å². The van der Waals surface area contributed by atoms with E-state index in [2.05, 4.69) is 13.8 Å². The van der Waals surface area contributed by atoms with Crippen molar-refractivity contribution in [3.05, 3.63) is 29.3 Å². The van der Waals surface area contributed by atoms with E-state index in [-0.39, 0.29) is 5.78 Å². The Morgan fingerprint density at radius 3 is 2.78 bits per heavy atom. The van der Waals surface area contributed by atoms with Gasteiger partial charge in [0.05, 0.1) is 12.9 Å². The molecule has 0 aliphatic rings. The summed E-state index contributed by atoms with van der Waals surface area (Å²) in [5.41, 5.74) is 2.15. The lowest BCUT2D eigenvalue weighted by atomic mass is 10.1. The molecule has 1 aromatic rings. The zero-order valence-corrected chi connectivity index (χ0v) is 12.5. The molecular formula is C15H22O2S. The molecule has 0 fully saturated rings. The number of hydrogen-bond acceptors (Lipinski definition) is 3. The molecule has 0 bridgehead atoms. The number of benzene rings is 1. The van der Waals surface area contributed by atoms with Crippen molar-refractivity contribution < 1.29 is 9.53 Å². The molecule has 0 aliphatic carbocycles. The Morgan fingerprint density at radius 1 is 1.44 bits per heavy atom. The van der Waals surface area contributed by atoms with Gasteiger partial charge in [-0.25, -0.2) is 0 Å². The predicted octanol–water partition coefficient (Wildman–Crippen LogP) is 3.65. The summed E-state index contributed by atoms with van der Waals surface area (Å²) in [5.74, 6) is 1.67. The molecule has 0 radical (unpaired) electrons. The third-order valence-electron chi connectivity index (χ3n) is 2.93. The second-order valence-electron chi connectivity index (χ2n) is 4.56. The van der Waals surface area contributed by atoms with Crippen LogP contribution in [0, 0.1) is 6.92 Å². The number of methoxy groups -OCH3 is 1. The average molecular weight is 266 g/mol. The monoisotopic (exact) mass is 266 g/mol. The van der Waals surface area contributed by atoms with Crippen molar-refractivity contribution in [1.82, 2.24) is 0 Å². The maximum atomic E-state index is 11.9. The van der Waals surface area contributed by atoms with Gasteiger partial charge in [0.15, 0.2) is 0 Å². The first kappa shape index (κ1) is 15.1. The molecule has 0 spiro atoms. The molecule has 0 aromatic heterocycles. The number of aryl methyl sites for hydroxylation is 1. The summed E-state index contributed by atoms with van der Waals surface area (Å²) >= 11 is 1.73. The van der Waals surface area contributed by atoms with E-state index < -0.39 is 0 Å². The summed E-state index contributed by atoms with van der Waals surface area (Å²) in [5, 5.41) is 0.549. The van der Waals surface area contributed by atoms with E-state index in [4.69, 9.17) is 4.74 Å². The number of ketones is 1. The molecule has 0 aliphatic heterocycles. The van der Waals surface area contributed by atoms with Crippen LogP contribution < -0.4 is 4.74 Å². The number of ether oxygens (including phenoxy) is 1. The summed E-state index contributed by atoms with van der Waals surface area (Å²) in [4.78, 5) is 11.9. The summed E-state index contributed by atoms with van der Waals surface area (Å²) < 4.78 is 5.29.